The molecule has 5 nitrogen and oxygen atoms in total. The number of carbonyl (C=O) groups is 2. The lowest BCUT2D eigenvalue weighted by Crippen LogP contribution is -2.39. The maximum atomic E-state index is 13.1. The van der Waals surface area contributed by atoms with E-state index in [1.807, 2.05) is 23.1 Å². The molecule has 7 heteroatoms. The fraction of sp³-hybridized carbons (Fsp3) is 0.556. The van der Waals surface area contributed by atoms with Crippen LogP contribution in [0.2, 0.25) is 5.02 Å². The zero-order chi connectivity index (χ0) is 17.5. The fourth-order valence-electron chi connectivity index (χ4n) is 3.85. The molecule has 25 heavy (non-hydrogen) atoms. The maximum absolute atomic E-state index is 13.1. The zero-order valence-electron chi connectivity index (χ0n) is 14.6. The van der Waals surface area contributed by atoms with E-state index in [1.54, 1.807) is 18.0 Å². The third kappa shape index (κ3) is 3.78. The summed E-state index contributed by atoms with van der Waals surface area (Å²) >= 11 is 6.11. The van der Waals surface area contributed by atoms with E-state index < -0.39 is 0 Å². The number of nitrogens with two attached hydrogens (primary N) is 1. The normalized spacial score (nSPS) is 29.0. The molecule has 0 bridgehead atoms. The van der Waals surface area contributed by atoms with Gasteiger partial charge in [-0.3, -0.25) is 9.59 Å². The van der Waals surface area contributed by atoms with Crippen LogP contribution in [0.15, 0.2) is 24.3 Å². The summed E-state index contributed by atoms with van der Waals surface area (Å²) in [7, 11) is 1.76. The summed E-state index contributed by atoms with van der Waals surface area (Å²) < 4.78 is 0. The highest BCUT2D eigenvalue weighted by Crippen LogP contribution is 2.40. The Hall–Kier alpha value is -1.30. The summed E-state index contributed by atoms with van der Waals surface area (Å²) in [5.74, 6) is -0.310. The second kappa shape index (κ2) is 7.52. The minimum Gasteiger partial charge on any atom is -0.342 e. The lowest BCUT2D eigenvalue weighted by atomic mass is 9.90. The molecule has 3 unspecified atom stereocenters. The van der Waals surface area contributed by atoms with Crippen LogP contribution in [-0.4, -0.2) is 48.3 Å². The largest absolute Gasteiger partial charge is 0.342 e. The molecule has 2 aliphatic heterocycles. The maximum Gasteiger partial charge on any atom is 0.228 e. The van der Waals surface area contributed by atoms with Gasteiger partial charge < -0.3 is 15.5 Å². The van der Waals surface area contributed by atoms with E-state index in [-0.39, 0.29) is 48.0 Å². The van der Waals surface area contributed by atoms with Crippen molar-refractivity contribution in [3.8, 4) is 0 Å². The van der Waals surface area contributed by atoms with Crippen LogP contribution in [0, 0.1) is 11.3 Å². The molecule has 2 N–H and O–H groups in total. The van der Waals surface area contributed by atoms with Crippen molar-refractivity contribution in [2.45, 2.75) is 25.8 Å². The van der Waals surface area contributed by atoms with Crippen LogP contribution in [0.4, 0.5) is 0 Å². The van der Waals surface area contributed by atoms with E-state index in [0.29, 0.717) is 24.7 Å². The number of carbonyl (C=O) groups excluding carboxylic acids is 2. The number of benzene rings is 1. The van der Waals surface area contributed by atoms with E-state index >= 15 is 0 Å². The highest BCUT2D eigenvalue weighted by molar-refractivity contribution is 6.30. The predicted molar refractivity (Wildman–Crippen MR) is 101 cm³/mol. The fourth-order valence-corrected chi connectivity index (χ4v) is 4.05. The highest BCUT2D eigenvalue weighted by Gasteiger charge is 2.46. The number of nitrogens with zero attached hydrogens (tertiary/aromatic N) is 2. The van der Waals surface area contributed by atoms with Crippen molar-refractivity contribution >= 4 is 35.8 Å². The minimum atomic E-state index is -0.360. The molecule has 3 rings (SSSR count). The van der Waals surface area contributed by atoms with E-state index in [4.69, 9.17) is 17.3 Å². The Labute approximate surface area is 159 Å². The van der Waals surface area contributed by atoms with Gasteiger partial charge in [0.05, 0.1) is 12.0 Å². The van der Waals surface area contributed by atoms with Crippen LogP contribution < -0.4 is 5.73 Å². The number of hydrogen-bond acceptors (Lipinski definition) is 3. The van der Waals surface area contributed by atoms with Crippen molar-refractivity contribution < 1.29 is 9.59 Å². The molecule has 1 aromatic rings. The molecule has 2 heterocycles. The quantitative estimate of drug-likeness (QED) is 0.868. The first-order valence-corrected chi connectivity index (χ1v) is 8.72. The van der Waals surface area contributed by atoms with Gasteiger partial charge in [0, 0.05) is 31.6 Å². The molecular formula is C18H25Cl2N3O2. The van der Waals surface area contributed by atoms with Gasteiger partial charge in [0.25, 0.3) is 0 Å². The first-order valence-electron chi connectivity index (χ1n) is 8.35. The van der Waals surface area contributed by atoms with Crippen molar-refractivity contribution in [2.24, 2.45) is 17.1 Å². The van der Waals surface area contributed by atoms with Gasteiger partial charge in [-0.1, -0.05) is 30.7 Å². The molecule has 138 valence electrons. The van der Waals surface area contributed by atoms with Crippen LogP contribution in [-0.2, 0) is 9.59 Å². The average Bonchev–Trinajstić information content (AvgIpc) is 3.09. The van der Waals surface area contributed by atoms with Crippen molar-refractivity contribution in [3.05, 3.63) is 34.9 Å². The van der Waals surface area contributed by atoms with Crippen molar-refractivity contribution in [3.63, 3.8) is 0 Å². The second-order valence-electron chi connectivity index (χ2n) is 7.34. The highest BCUT2D eigenvalue weighted by atomic mass is 35.5. The predicted octanol–water partition coefficient (Wildman–Crippen LogP) is 2.48. The molecule has 0 aromatic heterocycles. The Morgan fingerprint density at radius 3 is 2.76 bits per heavy atom. The monoisotopic (exact) mass is 385 g/mol. The summed E-state index contributed by atoms with van der Waals surface area (Å²) in [4.78, 5) is 28.9. The number of rotatable bonds is 3. The number of likely N-dealkylation sites (tertiary alicyclic amines) is 2. The Bertz CT molecular complexity index is 669. The molecule has 2 aliphatic rings. The van der Waals surface area contributed by atoms with Gasteiger partial charge in [-0.15, -0.1) is 12.4 Å². The number of halogens is 2. The van der Waals surface area contributed by atoms with Gasteiger partial charge in [0.1, 0.15) is 0 Å². The molecule has 2 saturated heterocycles. The minimum absolute atomic E-state index is 0. The van der Waals surface area contributed by atoms with E-state index in [9.17, 15) is 9.59 Å². The lowest BCUT2D eigenvalue weighted by molar-refractivity contribution is -0.135. The van der Waals surface area contributed by atoms with Crippen LogP contribution in [0.5, 0.6) is 0 Å². The Balaban J connectivity index is 0.00000225. The van der Waals surface area contributed by atoms with Gasteiger partial charge in [0.15, 0.2) is 0 Å². The summed E-state index contributed by atoms with van der Waals surface area (Å²) in [5.41, 5.74) is 6.74. The van der Waals surface area contributed by atoms with E-state index in [0.717, 1.165) is 12.0 Å². The molecule has 2 amide bonds. The van der Waals surface area contributed by atoms with Crippen molar-refractivity contribution in [1.29, 1.82) is 0 Å². The average molecular weight is 386 g/mol. The molecule has 1 aromatic carbocycles. The van der Waals surface area contributed by atoms with Crippen LogP contribution >= 0.6 is 24.0 Å². The smallest absolute Gasteiger partial charge is 0.228 e. The SMILES string of the molecule is CN1C(=O)CC(C(=O)N2CCC(C)(CN)C2)C1c1cccc(Cl)c1.Cl. The molecule has 0 saturated carbocycles. The molecule has 0 spiro atoms. The zero-order valence-corrected chi connectivity index (χ0v) is 16.1. The van der Waals surface area contributed by atoms with Crippen molar-refractivity contribution in [1.82, 2.24) is 9.80 Å². The molecule has 2 fully saturated rings. The van der Waals surface area contributed by atoms with Crippen LogP contribution in [0.25, 0.3) is 0 Å². The van der Waals surface area contributed by atoms with Crippen LogP contribution in [0.3, 0.4) is 0 Å². The van der Waals surface area contributed by atoms with Crippen molar-refractivity contribution in [2.75, 3.05) is 26.7 Å². The Morgan fingerprint density at radius 2 is 2.16 bits per heavy atom. The first kappa shape index (κ1) is 20.0. The number of hydrogen-bond donors (Lipinski definition) is 1. The third-order valence-corrected chi connectivity index (χ3v) is 5.69. The summed E-state index contributed by atoms with van der Waals surface area (Å²) in [6.07, 6.45) is 1.16. The van der Waals surface area contributed by atoms with Gasteiger partial charge in [-0.2, -0.15) is 0 Å². The van der Waals surface area contributed by atoms with Gasteiger partial charge in [0.2, 0.25) is 11.8 Å². The van der Waals surface area contributed by atoms with Gasteiger partial charge in [-0.05, 0) is 36.1 Å². The van der Waals surface area contributed by atoms with Crippen LogP contribution in [0.1, 0.15) is 31.4 Å². The standard InChI is InChI=1S/C18H24ClN3O2.ClH/c1-18(10-20)6-7-22(11-18)17(24)14-9-15(23)21(2)16(14)12-4-3-5-13(19)8-12;/h3-5,8,14,16H,6-7,9-11,20H2,1-2H3;1H. The molecular weight excluding hydrogens is 361 g/mol. The summed E-state index contributed by atoms with van der Waals surface area (Å²) in [5, 5.41) is 0.614. The van der Waals surface area contributed by atoms with Gasteiger partial charge >= 0.3 is 0 Å². The summed E-state index contributed by atoms with van der Waals surface area (Å²) in [6.45, 7) is 4.06. The summed E-state index contributed by atoms with van der Waals surface area (Å²) in [6, 6.07) is 7.17. The third-order valence-electron chi connectivity index (χ3n) is 5.46. The lowest BCUT2D eigenvalue weighted by Gasteiger charge is -2.29. The second-order valence-corrected chi connectivity index (χ2v) is 7.78. The first-order chi connectivity index (χ1) is 11.3. The van der Waals surface area contributed by atoms with E-state index in [2.05, 4.69) is 6.92 Å². The van der Waals surface area contributed by atoms with Gasteiger partial charge in [-0.25, -0.2) is 0 Å². The van der Waals surface area contributed by atoms with E-state index in [1.165, 1.54) is 0 Å². The Kier molecular flexibility index (Phi) is 6.02. The molecule has 0 aliphatic carbocycles. The number of amides is 2. The topological polar surface area (TPSA) is 66.6 Å². The molecule has 3 atom stereocenters. The Morgan fingerprint density at radius 1 is 1.44 bits per heavy atom. The molecule has 0 radical (unpaired) electrons.